The first-order valence-electron chi connectivity index (χ1n) is 5.87. The van der Waals surface area contributed by atoms with Gasteiger partial charge in [0.25, 0.3) is 5.91 Å². The first-order chi connectivity index (χ1) is 8.59. The number of hydrogen-bond acceptors (Lipinski definition) is 1. The summed E-state index contributed by atoms with van der Waals surface area (Å²) in [7, 11) is 3.88. The predicted octanol–water partition coefficient (Wildman–Crippen LogP) is 2.60. The van der Waals surface area contributed by atoms with Gasteiger partial charge in [0.15, 0.2) is 5.69 Å². The van der Waals surface area contributed by atoms with Crippen molar-refractivity contribution >= 4 is 11.6 Å². The van der Waals surface area contributed by atoms with Gasteiger partial charge < -0.3 is 0 Å². The number of amides is 1. The molecule has 0 fully saturated rings. The van der Waals surface area contributed by atoms with Crippen molar-refractivity contribution in [2.24, 2.45) is 0 Å². The van der Waals surface area contributed by atoms with Crippen LogP contribution >= 0.6 is 0 Å². The van der Waals surface area contributed by atoms with Gasteiger partial charge in [-0.25, -0.2) is 0 Å². The van der Waals surface area contributed by atoms with Crippen molar-refractivity contribution in [1.82, 2.24) is 10.0 Å². The van der Waals surface area contributed by atoms with Crippen molar-refractivity contribution in [2.45, 2.75) is 0 Å². The molecule has 2 aromatic carbocycles. The molecule has 0 aliphatic rings. The topological polar surface area (TPSA) is 29.1 Å². The summed E-state index contributed by atoms with van der Waals surface area (Å²) in [5, 5.41) is 0. The Labute approximate surface area is 107 Å². The van der Waals surface area contributed by atoms with E-state index in [9.17, 15) is 4.79 Å². The highest BCUT2D eigenvalue weighted by molar-refractivity contribution is 5.94. The smallest absolute Gasteiger partial charge is 0.264 e. The minimum Gasteiger partial charge on any atom is -0.264 e. The monoisotopic (exact) mass is 241 g/mol. The number of rotatable bonds is 3. The van der Waals surface area contributed by atoms with Gasteiger partial charge >= 0.3 is 0 Å². The largest absolute Gasteiger partial charge is 0.296 e. The molecule has 0 spiro atoms. The van der Waals surface area contributed by atoms with Gasteiger partial charge in [0.05, 0.1) is 14.1 Å². The molecule has 3 heteroatoms. The van der Waals surface area contributed by atoms with Crippen molar-refractivity contribution in [1.29, 1.82) is 0 Å². The summed E-state index contributed by atoms with van der Waals surface area (Å²) in [4.78, 5) is 12.1. The molecule has 2 rings (SSSR count). The van der Waals surface area contributed by atoms with Gasteiger partial charge in [-0.2, -0.15) is 10.0 Å². The Kier molecular flexibility index (Phi) is 3.44. The van der Waals surface area contributed by atoms with E-state index in [4.69, 9.17) is 0 Å². The zero-order chi connectivity index (χ0) is 13.0. The molecule has 0 aliphatic heterocycles. The van der Waals surface area contributed by atoms with Crippen LogP contribution in [0.25, 0.3) is 0 Å². The Morgan fingerprint density at radius 1 is 0.889 bits per heavy atom. The number of quaternary nitrogens is 1. The molecule has 0 bridgehead atoms. The second-order valence-electron chi connectivity index (χ2n) is 4.60. The van der Waals surface area contributed by atoms with Crippen LogP contribution in [0.3, 0.4) is 0 Å². The van der Waals surface area contributed by atoms with Gasteiger partial charge in [-0.1, -0.05) is 36.4 Å². The third-order valence-electron chi connectivity index (χ3n) is 2.82. The van der Waals surface area contributed by atoms with E-state index in [2.05, 4.69) is 5.43 Å². The SMILES string of the molecule is C[N+](C)(NC(=O)c1ccccc1)c1ccccc1. The van der Waals surface area contributed by atoms with Gasteiger partial charge in [0.1, 0.15) is 0 Å². The summed E-state index contributed by atoms with van der Waals surface area (Å²) < 4.78 is 0.314. The molecule has 0 unspecified atom stereocenters. The lowest BCUT2D eigenvalue weighted by atomic mass is 10.2. The van der Waals surface area contributed by atoms with Gasteiger partial charge in [0.2, 0.25) is 0 Å². The number of nitrogens with zero attached hydrogens (tertiary/aromatic N) is 1. The van der Waals surface area contributed by atoms with Crippen LogP contribution in [0.5, 0.6) is 0 Å². The zero-order valence-corrected chi connectivity index (χ0v) is 10.6. The van der Waals surface area contributed by atoms with Gasteiger partial charge in [-0.15, -0.1) is 0 Å². The third kappa shape index (κ3) is 2.76. The third-order valence-corrected chi connectivity index (χ3v) is 2.82. The average molecular weight is 241 g/mol. The summed E-state index contributed by atoms with van der Waals surface area (Å²) in [5.41, 5.74) is 4.68. The highest BCUT2D eigenvalue weighted by atomic mass is 16.2. The normalized spacial score (nSPS) is 11.0. The minimum absolute atomic E-state index is 0.0792. The second-order valence-corrected chi connectivity index (χ2v) is 4.60. The van der Waals surface area contributed by atoms with Crippen molar-refractivity contribution in [3.8, 4) is 0 Å². The first-order valence-corrected chi connectivity index (χ1v) is 5.87. The Balaban J connectivity index is 2.17. The molecule has 92 valence electrons. The number of benzene rings is 2. The maximum absolute atomic E-state index is 12.1. The van der Waals surface area contributed by atoms with Gasteiger partial charge in [-0.3, -0.25) is 4.79 Å². The van der Waals surface area contributed by atoms with Crippen molar-refractivity contribution in [3.05, 3.63) is 66.2 Å². The van der Waals surface area contributed by atoms with Crippen LogP contribution in [0.15, 0.2) is 60.7 Å². The standard InChI is InChI=1S/C15H16N2O/c1-17(2,14-11-7-4-8-12-14)16-15(18)13-9-5-3-6-10-13/h3-12H,1-2H3/p+1. The van der Waals surface area contributed by atoms with E-state index >= 15 is 0 Å². The lowest BCUT2D eigenvalue weighted by Crippen LogP contribution is -2.55. The highest BCUT2D eigenvalue weighted by Gasteiger charge is 2.22. The predicted molar refractivity (Wildman–Crippen MR) is 74.0 cm³/mol. The summed E-state index contributed by atoms with van der Waals surface area (Å²) in [6.45, 7) is 0. The molecule has 18 heavy (non-hydrogen) atoms. The van der Waals surface area contributed by atoms with Crippen LogP contribution in [0.2, 0.25) is 0 Å². The molecule has 0 saturated heterocycles. The number of carbonyl (C=O) groups excluding carboxylic acids is 1. The lowest BCUT2D eigenvalue weighted by molar-refractivity contribution is 0.0861. The molecule has 0 saturated carbocycles. The maximum atomic E-state index is 12.1. The molecule has 1 N–H and O–H groups in total. The maximum Gasteiger partial charge on any atom is 0.296 e. The van der Waals surface area contributed by atoms with E-state index in [1.165, 1.54) is 0 Å². The van der Waals surface area contributed by atoms with E-state index in [1.54, 1.807) is 12.1 Å². The van der Waals surface area contributed by atoms with Crippen LogP contribution in [0, 0.1) is 0 Å². The van der Waals surface area contributed by atoms with E-state index < -0.39 is 0 Å². The lowest BCUT2D eigenvalue weighted by Gasteiger charge is -2.28. The van der Waals surface area contributed by atoms with Gasteiger partial charge in [-0.05, 0) is 12.1 Å². The molecule has 0 atom stereocenters. The fourth-order valence-corrected chi connectivity index (χ4v) is 1.77. The number of nitrogens with one attached hydrogen (secondary N) is 1. The van der Waals surface area contributed by atoms with E-state index in [-0.39, 0.29) is 5.91 Å². The molecule has 1 amide bonds. The summed E-state index contributed by atoms with van der Waals surface area (Å²) in [6, 6.07) is 19.1. The van der Waals surface area contributed by atoms with Crippen LogP contribution in [-0.4, -0.2) is 20.0 Å². The molecular formula is C15H17N2O+. The number of carbonyl (C=O) groups is 1. The van der Waals surface area contributed by atoms with E-state index in [1.807, 2.05) is 62.6 Å². The van der Waals surface area contributed by atoms with Crippen LogP contribution in [0.1, 0.15) is 10.4 Å². The molecule has 0 radical (unpaired) electrons. The number of para-hydroxylation sites is 1. The fourth-order valence-electron chi connectivity index (χ4n) is 1.77. The fraction of sp³-hybridized carbons (Fsp3) is 0.133. The molecule has 0 aromatic heterocycles. The summed E-state index contributed by atoms with van der Waals surface area (Å²) >= 11 is 0. The Morgan fingerprint density at radius 2 is 1.39 bits per heavy atom. The molecule has 2 aromatic rings. The van der Waals surface area contributed by atoms with Crippen molar-refractivity contribution in [3.63, 3.8) is 0 Å². The first kappa shape index (κ1) is 12.3. The Bertz CT molecular complexity index is 521. The Morgan fingerprint density at radius 3 is 1.94 bits per heavy atom. The minimum atomic E-state index is -0.0792. The van der Waals surface area contributed by atoms with Crippen LogP contribution in [-0.2, 0) is 0 Å². The summed E-state index contributed by atoms with van der Waals surface area (Å²) in [6.07, 6.45) is 0. The molecule has 0 heterocycles. The molecule has 3 nitrogen and oxygen atoms in total. The Hall–Kier alpha value is -2.13. The van der Waals surface area contributed by atoms with E-state index in [0.717, 1.165) is 5.69 Å². The van der Waals surface area contributed by atoms with Crippen molar-refractivity contribution < 1.29 is 4.79 Å². The van der Waals surface area contributed by atoms with Gasteiger partial charge in [0, 0.05) is 17.7 Å². The summed E-state index contributed by atoms with van der Waals surface area (Å²) in [5.74, 6) is -0.0792. The molecular weight excluding hydrogens is 224 g/mol. The van der Waals surface area contributed by atoms with Crippen LogP contribution in [0.4, 0.5) is 5.69 Å². The quantitative estimate of drug-likeness (QED) is 0.649. The molecule has 0 aliphatic carbocycles. The van der Waals surface area contributed by atoms with E-state index in [0.29, 0.717) is 10.2 Å². The highest BCUT2D eigenvalue weighted by Crippen LogP contribution is 2.15. The van der Waals surface area contributed by atoms with Crippen LogP contribution < -0.4 is 10.0 Å². The zero-order valence-electron chi connectivity index (χ0n) is 10.6. The average Bonchev–Trinajstić information content (AvgIpc) is 2.40. The second kappa shape index (κ2) is 5.02. The number of hydrogen-bond donors (Lipinski definition) is 1. The van der Waals surface area contributed by atoms with Crippen molar-refractivity contribution in [2.75, 3.05) is 14.1 Å².